The molecule has 35 heavy (non-hydrogen) atoms. The van der Waals surface area contributed by atoms with Crippen molar-refractivity contribution in [2.24, 2.45) is 11.0 Å². The van der Waals surface area contributed by atoms with Crippen molar-refractivity contribution >= 4 is 12.1 Å². The van der Waals surface area contributed by atoms with Crippen LogP contribution in [0.4, 0.5) is 0 Å². The van der Waals surface area contributed by atoms with Gasteiger partial charge >= 0.3 is 0 Å². The van der Waals surface area contributed by atoms with E-state index in [0.717, 1.165) is 55.2 Å². The molecule has 0 radical (unpaired) electrons. The Morgan fingerprint density at radius 2 is 2.11 bits per heavy atom. The van der Waals surface area contributed by atoms with Crippen LogP contribution in [0.2, 0.25) is 0 Å². The molecule has 2 bridgehead atoms. The number of benzene rings is 1. The maximum atomic E-state index is 12.3. The van der Waals surface area contributed by atoms with E-state index >= 15 is 0 Å². The van der Waals surface area contributed by atoms with Gasteiger partial charge in [0, 0.05) is 61.8 Å². The van der Waals surface area contributed by atoms with Crippen molar-refractivity contribution in [3.8, 4) is 5.75 Å². The number of hydrazone groups is 1. The molecule has 3 aromatic rings. The highest BCUT2D eigenvalue weighted by atomic mass is 16.5. The predicted molar refractivity (Wildman–Crippen MR) is 134 cm³/mol. The first-order valence-electron chi connectivity index (χ1n) is 12.0. The molecule has 1 aromatic carbocycles. The van der Waals surface area contributed by atoms with Crippen LogP contribution < -0.4 is 15.7 Å². The molecule has 1 fully saturated rings. The normalized spacial score (nSPS) is 19.3. The second-order valence-corrected chi connectivity index (χ2v) is 9.13. The summed E-state index contributed by atoms with van der Waals surface area (Å²) in [7, 11) is 0. The minimum atomic E-state index is -0.306. The number of carbonyl (C=O) groups is 1. The number of hydrogen-bond acceptors (Lipinski definition) is 6. The Kier molecular flexibility index (Phi) is 6.72. The third-order valence-corrected chi connectivity index (χ3v) is 6.64. The molecular weight excluding hydrogens is 442 g/mol. The molecule has 0 saturated carbocycles. The number of fused-ring (bicyclic) bond motifs is 4. The number of pyridine rings is 2. The lowest BCUT2D eigenvalue weighted by atomic mass is 9.83. The smallest absolute Gasteiger partial charge is 0.272 e. The average Bonchev–Trinajstić information content (AvgIpc) is 2.87. The number of piperidine rings is 1. The Hall–Kier alpha value is -3.78. The summed E-state index contributed by atoms with van der Waals surface area (Å²) in [4.78, 5) is 30.9. The molecule has 2 aromatic heterocycles. The Morgan fingerprint density at radius 1 is 1.20 bits per heavy atom. The first kappa shape index (κ1) is 23.0. The van der Waals surface area contributed by atoms with Crippen molar-refractivity contribution in [1.29, 1.82) is 0 Å². The summed E-state index contributed by atoms with van der Waals surface area (Å²) in [6.07, 6.45) is 5.89. The summed E-state index contributed by atoms with van der Waals surface area (Å²) >= 11 is 0. The van der Waals surface area contributed by atoms with Gasteiger partial charge in [-0.05, 0) is 61.2 Å². The SMILES string of the molecule is CCOc1ccc(/C=N/NC(=O)c2cccnc2)cc1CN1CC2CC(C1)c1cccc(=O)n1C2. The van der Waals surface area contributed by atoms with Gasteiger partial charge in [0.25, 0.3) is 11.5 Å². The molecule has 8 nitrogen and oxygen atoms in total. The summed E-state index contributed by atoms with van der Waals surface area (Å²) in [6, 6.07) is 15.0. The quantitative estimate of drug-likeness (QED) is 0.423. The van der Waals surface area contributed by atoms with Crippen LogP contribution >= 0.6 is 0 Å². The van der Waals surface area contributed by atoms with E-state index in [0.29, 0.717) is 24.0 Å². The van der Waals surface area contributed by atoms with Crippen LogP contribution in [0.15, 0.2) is 70.8 Å². The minimum Gasteiger partial charge on any atom is -0.494 e. The van der Waals surface area contributed by atoms with E-state index < -0.39 is 0 Å². The van der Waals surface area contributed by atoms with E-state index in [2.05, 4.69) is 32.5 Å². The van der Waals surface area contributed by atoms with Gasteiger partial charge in [-0.1, -0.05) is 6.07 Å². The van der Waals surface area contributed by atoms with Gasteiger partial charge in [0.1, 0.15) is 5.75 Å². The highest BCUT2D eigenvalue weighted by molar-refractivity contribution is 5.94. The van der Waals surface area contributed by atoms with E-state index in [4.69, 9.17) is 4.74 Å². The Balaban J connectivity index is 1.30. The van der Waals surface area contributed by atoms with Crippen molar-refractivity contribution < 1.29 is 9.53 Å². The molecule has 1 N–H and O–H groups in total. The lowest BCUT2D eigenvalue weighted by Gasteiger charge is -2.43. The van der Waals surface area contributed by atoms with Crippen molar-refractivity contribution in [2.45, 2.75) is 32.4 Å². The third-order valence-electron chi connectivity index (χ3n) is 6.64. The van der Waals surface area contributed by atoms with E-state index in [-0.39, 0.29) is 11.5 Å². The van der Waals surface area contributed by atoms with Gasteiger partial charge in [-0.2, -0.15) is 5.10 Å². The maximum Gasteiger partial charge on any atom is 0.272 e. The van der Waals surface area contributed by atoms with Gasteiger partial charge in [-0.3, -0.25) is 19.5 Å². The van der Waals surface area contributed by atoms with Crippen molar-refractivity contribution in [3.63, 3.8) is 0 Å². The molecule has 5 rings (SSSR count). The monoisotopic (exact) mass is 471 g/mol. The number of hydrogen-bond donors (Lipinski definition) is 1. The number of carbonyl (C=O) groups excluding carboxylic acids is 1. The van der Waals surface area contributed by atoms with E-state index in [1.807, 2.05) is 29.7 Å². The number of aromatic nitrogens is 2. The van der Waals surface area contributed by atoms with Crippen molar-refractivity contribution in [1.82, 2.24) is 19.9 Å². The Labute approximate surface area is 204 Å². The molecule has 2 unspecified atom stereocenters. The third kappa shape index (κ3) is 5.17. The zero-order valence-corrected chi connectivity index (χ0v) is 19.8. The van der Waals surface area contributed by atoms with Gasteiger partial charge < -0.3 is 9.30 Å². The number of amides is 1. The van der Waals surface area contributed by atoms with Gasteiger partial charge in [0.05, 0.1) is 18.4 Å². The summed E-state index contributed by atoms with van der Waals surface area (Å²) in [5.41, 5.74) is 6.22. The molecule has 2 atom stereocenters. The number of nitrogens with one attached hydrogen (secondary N) is 1. The molecule has 2 aliphatic rings. The summed E-state index contributed by atoms with van der Waals surface area (Å²) in [6.45, 7) is 5.95. The topological polar surface area (TPSA) is 88.8 Å². The molecule has 0 aliphatic carbocycles. The minimum absolute atomic E-state index is 0.104. The molecule has 1 saturated heterocycles. The van der Waals surface area contributed by atoms with Gasteiger partial charge in [0.2, 0.25) is 0 Å². The van der Waals surface area contributed by atoms with Crippen LogP contribution in [-0.4, -0.2) is 46.3 Å². The molecule has 2 aliphatic heterocycles. The number of nitrogens with zero attached hydrogens (tertiary/aromatic N) is 4. The molecule has 8 heteroatoms. The number of ether oxygens (including phenoxy) is 1. The second kappa shape index (κ2) is 10.2. The fraction of sp³-hybridized carbons (Fsp3) is 0.333. The number of likely N-dealkylation sites (tertiary alicyclic amines) is 1. The van der Waals surface area contributed by atoms with Crippen LogP contribution in [0, 0.1) is 5.92 Å². The first-order valence-corrected chi connectivity index (χ1v) is 12.0. The highest BCUT2D eigenvalue weighted by Gasteiger charge is 2.34. The highest BCUT2D eigenvalue weighted by Crippen LogP contribution is 2.36. The summed E-state index contributed by atoms with van der Waals surface area (Å²) in [5.74, 6) is 1.37. The zero-order chi connectivity index (χ0) is 24.2. The summed E-state index contributed by atoms with van der Waals surface area (Å²) in [5, 5.41) is 4.12. The molecule has 180 valence electrons. The van der Waals surface area contributed by atoms with Crippen molar-refractivity contribution in [3.05, 3.63) is 93.7 Å². The second-order valence-electron chi connectivity index (χ2n) is 9.13. The average molecular weight is 472 g/mol. The first-order chi connectivity index (χ1) is 17.1. The Morgan fingerprint density at radius 3 is 2.94 bits per heavy atom. The standard InChI is InChI=1S/C27H29N5O3/c1-2-35-25-9-8-19(13-29-30-27(34)21-5-4-10-28-14-21)11-23(25)18-31-15-20-12-22(17-31)24-6-3-7-26(33)32(24)16-20/h3-11,13-14,20,22H,2,12,15-18H2,1H3,(H,30,34)/b29-13+. The maximum absolute atomic E-state index is 12.3. The Bertz CT molecular complexity index is 1290. The predicted octanol–water partition coefficient (Wildman–Crippen LogP) is 3.03. The largest absolute Gasteiger partial charge is 0.494 e. The molecule has 4 heterocycles. The van der Waals surface area contributed by atoms with Gasteiger partial charge in [0.15, 0.2) is 0 Å². The lowest BCUT2D eigenvalue weighted by molar-refractivity contribution is 0.0954. The molecule has 1 amide bonds. The zero-order valence-electron chi connectivity index (χ0n) is 19.8. The van der Waals surface area contributed by atoms with E-state index in [9.17, 15) is 9.59 Å². The van der Waals surface area contributed by atoms with Crippen LogP contribution in [0.3, 0.4) is 0 Å². The van der Waals surface area contributed by atoms with Gasteiger partial charge in [-0.25, -0.2) is 5.43 Å². The number of rotatable bonds is 7. The van der Waals surface area contributed by atoms with Crippen LogP contribution in [0.5, 0.6) is 5.75 Å². The van der Waals surface area contributed by atoms with Crippen molar-refractivity contribution in [2.75, 3.05) is 19.7 Å². The fourth-order valence-corrected chi connectivity index (χ4v) is 5.19. The molecule has 0 spiro atoms. The van der Waals surface area contributed by atoms with Crippen LogP contribution in [0.25, 0.3) is 0 Å². The van der Waals surface area contributed by atoms with Gasteiger partial charge in [-0.15, -0.1) is 0 Å². The van der Waals surface area contributed by atoms with E-state index in [1.165, 1.54) is 6.20 Å². The van der Waals surface area contributed by atoms with Crippen LogP contribution in [-0.2, 0) is 13.1 Å². The summed E-state index contributed by atoms with van der Waals surface area (Å²) < 4.78 is 7.86. The van der Waals surface area contributed by atoms with Crippen LogP contribution in [0.1, 0.15) is 46.4 Å². The van der Waals surface area contributed by atoms with E-state index in [1.54, 1.807) is 30.6 Å². The fourth-order valence-electron chi connectivity index (χ4n) is 5.19. The lowest BCUT2D eigenvalue weighted by Crippen LogP contribution is -2.46. The molecular formula is C27H29N5O3.